The van der Waals surface area contributed by atoms with Gasteiger partial charge in [-0.3, -0.25) is 0 Å². The summed E-state index contributed by atoms with van der Waals surface area (Å²) in [5.74, 6) is 0.831. The van der Waals surface area contributed by atoms with Gasteiger partial charge in [-0.05, 0) is 26.0 Å². The minimum Gasteiger partial charge on any atom is -0.460 e. The second-order valence-corrected chi connectivity index (χ2v) is 2.97. The second kappa shape index (κ2) is 3.63. The van der Waals surface area contributed by atoms with Crippen LogP contribution in [0.5, 0.6) is 0 Å². The Bertz CT molecular complexity index is 398. The van der Waals surface area contributed by atoms with Crippen LogP contribution in [0.25, 0.3) is 11.6 Å². The molecular formula is C10H11ClO. The van der Waals surface area contributed by atoms with Crippen molar-refractivity contribution >= 4 is 23.2 Å². The Morgan fingerprint density at radius 2 is 2.33 bits per heavy atom. The molecule has 0 bridgehead atoms. The molecular weight excluding hydrogens is 172 g/mol. The van der Waals surface area contributed by atoms with Gasteiger partial charge in [0.1, 0.15) is 5.76 Å². The van der Waals surface area contributed by atoms with E-state index in [2.05, 4.69) is 6.58 Å². The molecule has 0 N–H and O–H groups in total. The van der Waals surface area contributed by atoms with E-state index in [-0.39, 0.29) is 0 Å². The average molecular weight is 183 g/mol. The maximum absolute atomic E-state index is 5.92. The van der Waals surface area contributed by atoms with Gasteiger partial charge in [0.05, 0.1) is 5.03 Å². The molecule has 0 aliphatic rings. The Balaban J connectivity index is 3.44. The molecule has 1 rings (SSSR count). The summed E-state index contributed by atoms with van der Waals surface area (Å²) in [7, 11) is 0. The zero-order valence-corrected chi connectivity index (χ0v) is 7.98. The van der Waals surface area contributed by atoms with E-state index in [1.165, 1.54) is 0 Å². The fourth-order valence-electron chi connectivity index (χ4n) is 0.991. The van der Waals surface area contributed by atoms with Gasteiger partial charge >= 0.3 is 0 Å². The van der Waals surface area contributed by atoms with Crippen molar-refractivity contribution in [3.63, 3.8) is 0 Å². The first-order chi connectivity index (χ1) is 5.65. The normalized spacial score (nSPS) is 13.9. The van der Waals surface area contributed by atoms with E-state index in [0.717, 1.165) is 11.0 Å². The van der Waals surface area contributed by atoms with Gasteiger partial charge in [-0.1, -0.05) is 24.3 Å². The van der Waals surface area contributed by atoms with Crippen molar-refractivity contribution in [1.29, 1.82) is 0 Å². The van der Waals surface area contributed by atoms with Gasteiger partial charge in [0.25, 0.3) is 0 Å². The van der Waals surface area contributed by atoms with Crippen LogP contribution in [0.1, 0.15) is 12.7 Å². The molecule has 1 aromatic rings. The maximum atomic E-state index is 5.92. The van der Waals surface area contributed by atoms with Crippen LogP contribution in [0, 0.1) is 6.92 Å². The van der Waals surface area contributed by atoms with Crippen LogP contribution in [-0.4, -0.2) is 0 Å². The van der Waals surface area contributed by atoms with Crippen LogP contribution < -0.4 is 10.6 Å². The molecule has 1 heterocycles. The lowest BCUT2D eigenvalue weighted by Gasteiger charge is -1.83. The highest BCUT2D eigenvalue weighted by atomic mass is 35.5. The summed E-state index contributed by atoms with van der Waals surface area (Å²) in [4.78, 5) is 0. The van der Waals surface area contributed by atoms with Gasteiger partial charge in [-0.15, -0.1) is 0 Å². The van der Waals surface area contributed by atoms with Gasteiger partial charge in [-0.25, -0.2) is 0 Å². The summed E-state index contributed by atoms with van der Waals surface area (Å²) in [6.07, 6.45) is 3.65. The topological polar surface area (TPSA) is 13.1 Å². The van der Waals surface area contributed by atoms with Crippen molar-refractivity contribution in [2.45, 2.75) is 13.8 Å². The van der Waals surface area contributed by atoms with E-state index in [0.29, 0.717) is 10.4 Å². The third-order valence-electron chi connectivity index (χ3n) is 1.46. The molecule has 1 nitrogen and oxygen atoms in total. The zero-order valence-electron chi connectivity index (χ0n) is 7.23. The highest BCUT2D eigenvalue weighted by molar-refractivity contribution is 6.47. The SMILES string of the molecule is C=c1cc(C)o/c1=C(Cl)/C=C\C. The van der Waals surface area contributed by atoms with E-state index in [1.807, 2.05) is 26.0 Å². The lowest BCUT2D eigenvalue weighted by molar-refractivity contribution is 0.501. The predicted molar refractivity (Wildman–Crippen MR) is 52.3 cm³/mol. The Morgan fingerprint density at radius 1 is 1.67 bits per heavy atom. The van der Waals surface area contributed by atoms with Gasteiger partial charge in [0, 0.05) is 5.22 Å². The monoisotopic (exact) mass is 182 g/mol. The van der Waals surface area contributed by atoms with Gasteiger partial charge in [0.15, 0.2) is 5.42 Å². The van der Waals surface area contributed by atoms with E-state index < -0.39 is 0 Å². The van der Waals surface area contributed by atoms with Crippen molar-refractivity contribution in [1.82, 2.24) is 0 Å². The first-order valence-corrected chi connectivity index (χ1v) is 4.11. The zero-order chi connectivity index (χ0) is 9.14. The number of hydrogen-bond donors (Lipinski definition) is 0. The first-order valence-electron chi connectivity index (χ1n) is 3.73. The molecule has 0 saturated heterocycles. The number of rotatable bonds is 1. The van der Waals surface area contributed by atoms with Crippen LogP contribution in [0.4, 0.5) is 0 Å². The minimum atomic E-state index is 0.593. The highest BCUT2D eigenvalue weighted by Crippen LogP contribution is 2.01. The quantitative estimate of drug-likeness (QED) is 0.647. The third-order valence-corrected chi connectivity index (χ3v) is 1.76. The largest absolute Gasteiger partial charge is 0.460 e. The molecule has 0 atom stereocenters. The first kappa shape index (κ1) is 9.14. The summed E-state index contributed by atoms with van der Waals surface area (Å²) in [5, 5.41) is 1.42. The van der Waals surface area contributed by atoms with Crippen molar-refractivity contribution in [3.8, 4) is 0 Å². The molecule has 0 amide bonds. The standard InChI is InChI=1S/C10H11ClO/c1-4-5-9(11)10-7(2)6-8(3)12-10/h4-6H,2H2,1,3H3/b5-4-,10-9-. The van der Waals surface area contributed by atoms with E-state index in [9.17, 15) is 0 Å². The molecule has 64 valence electrons. The molecule has 2 heteroatoms. The van der Waals surface area contributed by atoms with Gasteiger partial charge < -0.3 is 4.42 Å². The van der Waals surface area contributed by atoms with Crippen molar-refractivity contribution in [2.75, 3.05) is 0 Å². The van der Waals surface area contributed by atoms with Crippen LogP contribution in [0.3, 0.4) is 0 Å². The summed E-state index contributed by atoms with van der Waals surface area (Å²) in [6.45, 7) is 7.59. The van der Waals surface area contributed by atoms with Crippen LogP contribution in [-0.2, 0) is 0 Å². The van der Waals surface area contributed by atoms with Gasteiger partial charge in [-0.2, -0.15) is 0 Å². The molecule has 0 saturated carbocycles. The smallest absolute Gasteiger partial charge is 0.152 e. The number of aryl methyl sites for hydroxylation is 1. The lowest BCUT2D eigenvalue weighted by Crippen LogP contribution is -2.18. The molecule has 0 aliphatic heterocycles. The highest BCUT2D eigenvalue weighted by Gasteiger charge is 1.95. The van der Waals surface area contributed by atoms with Crippen molar-refractivity contribution < 1.29 is 4.42 Å². The van der Waals surface area contributed by atoms with Gasteiger partial charge in [0.2, 0.25) is 0 Å². The van der Waals surface area contributed by atoms with E-state index in [4.69, 9.17) is 16.0 Å². The number of allylic oxidation sites excluding steroid dienone is 2. The van der Waals surface area contributed by atoms with Crippen LogP contribution >= 0.6 is 11.6 Å². The second-order valence-electron chi connectivity index (χ2n) is 2.56. The predicted octanol–water partition coefficient (Wildman–Crippen LogP) is 1.92. The summed E-state index contributed by atoms with van der Waals surface area (Å²) in [5.41, 5.74) is 0.660. The summed E-state index contributed by atoms with van der Waals surface area (Å²) < 4.78 is 5.35. The summed E-state index contributed by atoms with van der Waals surface area (Å²) >= 11 is 5.92. The fraction of sp³-hybridized carbons (Fsp3) is 0.200. The van der Waals surface area contributed by atoms with Crippen molar-refractivity contribution in [2.24, 2.45) is 0 Å². The molecule has 0 spiro atoms. The molecule has 12 heavy (non-hydrogen) atoms. The average Bonchev–Trinajstić information content (AvgIpc) is 2.30. The Hall–Kier alpha value is -0.950. The van der Waals surface area contributed by atoms with Crippen molar-refractivity contribution in [3.05, 3.63) is 34.6 Å². The summed E-state index contributed by atoms with van der Waals surface area (Å²) in [6, 6.07) is 1.86. The third kappa shape index (κ3) is 1.80. The molecule has 0 aliphatic carbocycles. The Labute approximate surface area is 76.6 Å². The molecule has 0 aromatic carbocycles. The Kier molecular flexibility index (Phi) is 2.77. The number of furan rings is 1. The molecule has 0 unspecified atom stereocenters. The fourth-order valence-corrected chi connectivity index (χ4v) is 1.28. The van der Waals surface area contributed by atoms with E-state index in [1.54, 1.807) is 6.08 Å². The molecule has 0 fully saturated rings. The van der Waals surface area contributed by atoms with Crippen LogP contribution in [0.2, 0.25) is 0 Å². The minimum absolute atomic E-state index is 0.593. The number of halogens is 1. The molecule has 0 radical (unpaired) electrons. The maximum Gasteiger partial charge on any atom is 0.152 e. The van der Waals surface area contributed by atoms with Crippen LogP contribution in [0.15, 0.2) is 22.6 Å². The van der Waals surface area contributed by atoms with E-state index >= 15 is 0 Å². The Morgan fingerprint density at radius 3 is 2.75 bits per heavy atom. The molecule has 1 aromatic heterocycles. The lowest BCUT2D eigenvalue weighted by atomic mass is 10.4. The number of hydrogen-bond acceptors (Lipinski definition) is 1.